The van der Waals surface area contributed by atoms with Gasteiger partial charge in [-0.2, -0.15) is 0 Å². The average molecular weight is 459 g/mol. The Labute approximate surface area is 188 Å². The van der Waals surface area contributed by atoms with Gasteiger partial charge in [-0.15, -0.1) is 0 Å². The molecule has 0 saturated heterocycles. The Morgan fingerprint density at radius 1 is 1.03 bits per heavy atom. The van der Waals surface area contributed by atoms with Crippen molar-refractivity contribution >= 4 is 28.9 Å². The topological polar surface area (TPSA) is 63.1 Å². The minimum Gasteiger partial charge on any atom is -0.508 e. The summed E-state index contributed by atoms with van der Waals surface area (Å²) in [5.41, 5.74) is 2.37. The zero-order chi connectivity index (χ0) is 21.5. The minimum absolute atomic E-state index is 0.0900. The zero-order valence-corrected chi connectivity index (χ0v) is 17.6. The normalized spacial score (nSPS) is 19.9. The molecule has 0 radical (unpaired) electrons. The molecule has 0 saturated carbocycles. The second kappa shape index (κ2) is 8.04. The molecule has 158 valence electrons. The molecular weight excluding hydrogens is 442 g/mol. The van der Waals surface area contributed by atoms with Gasteiger partial charge in [0, 0.05) is 34.3 Å². The second-order valence-corrected chi connectivity index (χ2v) is 8.15. The van der Waals surface area contributed by atoms with Crippen LogP contribution in [0.25, 0.3) is 0 Å². The van der Waals surface area contributed by atoms with Gasteiger partial charge in [-0.3, -0.25) is 10.3 Å². The smallest absolute Gasteiger partial charge is 0.231 e. The molecule has 0 aliphatic carbocycles. The van der Waals surface area contributed by atoms with Crippen molar-refractivity contribution in [1.29, 1.82) is 0 Å². The molecule has 0 amide bonds. The maximum atomic E-state index is 14.7. The Bertz CT molecular complexity index is 1180. The van der Waals surface area contributed by atoms with Gasteiger partial charge in [0.25, 0.3) is 0 Å². The number of aliphatic imine (C=N–C) groups is 1. The molecule has 3 aromatic rings. The fourth-order valence-corrected chi connectivity index (χ4v) is 4.33. The first-order chi connectivity index (χ1) is 15.0. The molecule has 3 aromatic carbocycles. The van der Waals surface area contributed by atoms with Crippen molar-refractivity contribution in [3.63, 3.8) is 0 Å². The third-order valence-corrected chi connectivity index (χ3v) is 5.95. The number of benzene rings is 3. The Balaban J connectivity index is 1.61. The van der Waals surface area contributed by atoms with Gasteiger partial charge in [-0.05, 0) is 54.1 Å². The molecule has 31 heavy (non-hydrogen) atoms. The van der Waals surface area contributed by atoms with Crippen molar-refractivity contribution in [3.8, 4) is 17.2 Å². The van der Waals surface area contributed by atoms with E-state index >= 15 is 0 Å². The van der Waals surface area contributed by atoms with Crippen molar-refractivity contribution < 1.29 is 19.0 Å². The van der Waals surface area contributed by atoms with E-state index in [1.165, 1.54) is 12.1 Å². The summed E-state index contributed by atoms with van der Waals surface area (Å²) in [4.78, 5) is 4.77. The first kappa shape index (κ1) is 20.1. The number of fused-ring (bicyclic) bond motifs is 1. The van der Waals surface area contributed by atoms with E-state index in [2.05, 4.69) is 5.32 Å². The van der Waals surface area contributed by atoms with Gasteiger partial charge < -0.3 is 14.6 Å². The van der Waals surface area contributed by atoms with E-state index in [1.807, 2.05) is 18.2 Å². The number of nitrogens with one attached hydrogen (secondary N) is 1. The fraction of sp³-hybridized carbons (Fsp3) is 0.174. The number of hydrogen-bond donors (Lipinski definition) is 2. The Kier molecular flexibility index (Phi) is 5.22. The summed E-state index contributed by atoms with van der Waals surface area (Å²) in [5.74, 6) is 0.916. The van der Waals surface area contributed by atoms with Crippen LogP contribution in [0.3, 0.4) is 0 Å². The molecule has 0 bridgehead atoms. The average Bonchev–Trinajstić information content (AvgIpc) is 3.23. The van der Waals surface area contributed by atoms with Gasteiger partial charge in [0.2, 0.25) is 6.79 Å². The van der Waals surface area contributed by atoms with E-state index in [1.54, 1.807) is 24.3 Å². The van der Waals surface area contributed by atoms with Crippen LogP contribution in [-0.2, 0) is 0 Å². The van der Waals surface area contributed by atoms with Crippen LogP contribution in [0.1, 0.15) is 35.3 Å². The standard InChI is InChI=1S/C23H17Cl2FN2O3/c24-13-5-6-19(29)14(9-13)18-10-17(12-4-7-20-21(8-12)31-11-30-20)27-23(28-18)22-15(25)2-1-3-16(22)26/h1-9,18,23,28-29H,10-11H2/t18-,23+/m1/s1. The van der Waals surface area contributed by atoms with Crippen LogP contribution in [-0.4, -0.2) is 17.6 Å². The first-order valence-electron chi connectivity index (χ1n) is 9.64. The highest BCUT2D eigenvalue weighted by molar-refractivity contribution is 6.31. The number of nitrogens with zero attached hydrogens (tertiary/aromatic N) is 1. The quantitative estimate of drug-likeness (QED) is 0.521. The van der Waals surface area contributed by atoms with Crippen LogP contribution in [0.5, 0.6) is 17.2 Å². The monoisotopic (exact) mass is 458 g/mol. The van der Waals surface area contributed by atoms with Crippen molar-refractivity contribution in [3.05, 3.63) is 87.2 Å². The number of ether oxygens (including phenoxy) is 2. The maximum absolute atomic E-state index is 14.7. The van der Waals surface area contributed by atoms with Crippen molar-refractivity contribution in [2.45, 2.75) is 18.6 Å². The van der Waals surface area contributed by atoms with Crippen LogP contribution in [0.2, 0.25) is 10.0 Å². The second-order valence-electron chi connectivity index (χ2n) is 7.31. The zero-order valence-electron chi connectivity index (χ0n) is 16.1. The van der Waals surface area contributed by atoms with Gasteiger partial charge in [-0.1, -0.05) is 29.3 Å². The third kappa shape index (κ3) is 3.83. The summed E-state index contributed by atoms with van der Waals surface area (Å²) in [6.45, 7) is 0.166. The highest BCUT2D eigenvalue weighted by atomic mass is 35.5. The Hall–Kier alpha value is -2.80. The van der Waals surface area contributed by atoms with E-state index in [4.69, 9.17) is 37.7 Å². The SMILES string of the molecule is Oc1ccc(Cl)cc1[C@H]1CC(c2ccc3c(c2)OCO3)=N[C@H](c2c(F)cccc2Cl)N1. The highest BCUT2D eigenvalue weighted by Crippen LogP contribution is 2.39. The molecule has 2 heterocycles. The molecule has 5 rings (SSSR count). The van der Waals surface area contributed by atoms with E-state index in [9.17, 15) is 9.50 Å². The summed E-state index contributed by atoms with van der Waals surface area (Å²) in [5, 5.41) is 14.5. The molecule has 0 spiro atoms. The third-order valence-electron chi connectivity index (χ3n) is 5.39. The van der Waals surface area contributed by atoms with E-state index in [-0.39, 0.29) is 29.2 Å². The molecular formula is C23H17Cl2FN2O3. The van der Waals surface area contributed by atoms with E-state index in [0.717, 1.165) is 5.56 Å². The van der Waals surface area contributed by atoms with Crippen LogP contribution in [0.15, 0.2) is 59.6 Å². The summed E-state index contributed by atoms with van der Waals surface area (Å²) >= 11 is 12.5. The number of phenolic OH excluding ortho intramolecular Hbond substituents is 1. The first-order valence-corrected chi connectivity index (χ1v) is 10.4. The number of phenols is 1. The van der Waals surface area contributed by atoms with Crippen LogP contribution in [0.4, 0.5) is 4.39 Å². The number of hydrogen-bond acceptors (Lipinski definition) is 5. The van der Waals surface area contributed by atoms with Gasteiger partial charge in [0.1, 0.15) is 17.7 Å². The van der Waals surface area contributed by atoms with Gasteiger partial charge in [-0.25, -0.2) is 4.39 Å². The van der Waals surface area contributed by atoms with Crippen LogP contribution < -0.4 is 14.8 Å². The largest absolute Gasteiger partial charge is 0.508 e. The van der Waals surface area contributed by atoms with Gasteiger partial charge in [0.05, 0.1) is 5.02 Å². The van der Waals surface area contributed by atoms with Crippen molar-refractivity contribution in [2.24, 2.45) is 4.99 Å². The number of rotatable bonds is 3. The lowest BCUT2D eigenvalue weighted by Gasteiger charge is -2.31. The summed E-state index contributed by atoms with van der Waals surface area (Å²) in [6, 6.07) is 14.5. The molecule has 2 atom stereocenters. The molecule has 8 heteroatoms. The molecule has 0 aromatic heterocycles. The van der Waals surface area contributed by atoms with E-state index < -0.39 is 12.0 Å². The van der Waals surface area contributed by atoms with E-state index in [0.29, 0.717) is 34.2 Å². The lowest BCUT2D eigenvalue weighted by molar-refractivity contribution is 0.174. The van der Waals surface area contributed by atoms with Crippen molar-refractivity contribution in [2.75, 3.05) is 6.79 Å². The molecule has 0 fully saturated rings. The Morgan fingerprint density at radius 3 is 2.71 bits per heavy atom. The molecule has 2 aliphatic rings. The lowest BCUT2D eigenvalue weighted by atomic mass is 9.93. The minimum atomic E-state index is -0.758. The number of halogens is 3. The molecule has 0 unspecified atom stereocenters. The van der Waals surface area contributed by atoms with Gasteiger partial charge in [0.15, 0.2) is 11.5 Å². The Morgan fingerprint density at radius 2 is 1.87 bits per heavy atom. The predicted molar refractivity (Wildman–Crippen MR) is 117 cm³/mol. The molecule has 2 aliphatic heterocycles. The lowest BCUT2D eigenvalue weighted by Crippen LogP contribution is -2.33. The summed E-state index contributed by atoms with van der Waals surface area (Å²) in [7, 11) is 0. The molecule has 2 N–H and O–H groups in total. The fourth-order valence-electron chi connectivity index (χ4n) is 3.88. The highest BCUT2D eigenvalue weighted by Gasteiger charge is 2.31. The summed E-state index contributed by atoms with van der Waals surface area (Å²) in [6.07, 6.45) is -0.318. The van der Waals surface area contributed by atoms with Gasteiger partial charge >= 0.3 is 0 Å². The van der Waals surface area contributed by atoms with Crippen LogP contribution in [0, 0.1) is 5.82 Å². The van der Waals surface area contributed by atoms with Crippen molar-refractivity contribution in [1.82, 2.24) is 5.32 Å². The van der Waals surface area contributed by atoms with Crippen LogP contribution >= 0.6 is 23.2 Å². The number of aromatic hydroxyl groups is 1. The summed E-state index contributed by atoms with van der Waals surface area (Å²) < 4.78 is 25.6. The molecule has 5 nitrogen and oxygen atoms in total. The predicted octanol–water partition coefficient (Wildman–Crippen LogP) is 5.79. The maximum Gasteiger partial charge on any atom is 0.231 e.